The van der Waals surface area contributed by atoms with E-state index in [0.29, 0.717) is 17.2 Å². The number of carbonyl (C=O) groups excluding carboxylic acids is 1. The van der Waals surface area contributed by atoms with Crippen LogP contribution in [0.4, 0.5) is 4.39 Å². The van der Waals surface area contributed by atoms with Gasteiger partial charge in [-0.3, -0.25) is 4.79 Å². The van der Waals surface area contributed by atoms with Gasteiger partial charge in [0, 0.05) is 18.1 Å². The highest BCUT2D eigenvalue weighted by atomic mass is 19.1. The van der Waals surface area contributed by atoms with Crippen molar-refractivity contribution in [1.82, 2.24) is 0 Å². The fourth-order valence-corrected chi connectivity index (χ4v) is 1.79. The highest BCUT2D eigenvalue weighted by Crippen LogP contribution is 2.19. The lowest BCUT2D eigenvalue weighted by Gasteiger charge is -2.02. The van der Waals surface area contributed by atoms with Gasteiger partial charge in [0.2, 0.25) is 11.5 Å². The van der Waals surface area contributed by atoms with Crippen molar-refractivity contribution in [2.75, 3.05) is 0 Å². The summed E-state index contributed by atoms with van der Waals surface area (Å²) in [4.78, 5) is 22.3. The van der Waals surface area contributed by atoms with Crippen LogP contribution in [0.5, 0.6) is 0 Å². The van der Waals surface area contributed by atoms with Gasteiger partial charge < -0.3 is 14.6 Å². The topological polar surface area (TPSA) is 87.7 Å². The fraction of sp³-hybridized carbons (Fsp3) is 0.0667. The lowest BCUT2D eigenvalue weighted by Crippen LogP contribution is -2.05. The average molecular weight is 290 g/mol. The molecule has 0 aliphatic carbocycles. The molecular weight excluding hydrogens is 279 g/mol. The van der Waals surface area contributed by atoms with Crippen molar-refractivity contribution in [1.29, 1.82) is 0 Å². The van der Waals surface area contributed by atoms with Crippen LogP contribution in [0.2, 0.25) is 0 Å². The number of rotatable bonds is 5. The molecule has 0 radical (unpaired) electrons. The minimum absolute atomic E-state index is 0.117. The third-order valence-electron chi connectivity index (χ3n) is 2.80. The van der Waals surface area contributed by atoms with Crippen LogP contribution >= 0.6 is 0 Å². The van der Waals surface area contributed by atoms with Crippen LogP contribution in [0.3, 0.4) is 0 Å². The Morgan fingerprint density at radius 1 is 1.14 bits per heavy atom. The van der Waals surface area contributed by atoms with Crippen LogP contribution in [0.25, 0.3) is 0 Å². The normalized spacial score (nSPS) is 11.4. The third kappa shape index (κ3) is 3.36. The van der Waals surface area contributed by atoms with Gasteiger partial charge in [-0.05, 0) is 17.7 Å². The maximum absolute atomic E-state index is 13.6. The molecule has 1 aromatic carbocycles. The van der Waals surface area contributed by atoms with Crippen LogP contribution in [0.15, 0.2) is 52.8 Å². The van der Waals surface area contributed by atoms with Crippen LogP contribution in [0.1, 0.15) is 21.7 Å². The molecule has 1 heterocycles. The maximum Gasteiger partial charge on any atom is 0.371 e. The maximum atomic E-state index is 13.6. The second-order valence-corrected chi connectivity index (χ2v) is 4.24. The molecule has 1 aromatic heterocycles. The van der Waals surface area contributed by atoms with Crippen molar-refractivity contribution in [2.24, 2.45) is 0 Å². The van der Waals surface area contributed by atoms with Gasteiger partial charge in [-0.15, -0.1) is 0 Å². The molecule has 0 unspecified atom stereocenters. The molecular formula is C15H11FO5. The number of halogens is 1. The number of benzene rings is 1. The Hall–Kier alpha value is -2.89. The monoisotopic (exact) mass is 290 g/mol. The van der Waals surface area contributed by atoms with Crippen molar-refractivity contribution >= 4 is 11.8 Å². The summed E-state index contributed by atoms with van der Waals surface area (Å²) in [5.41, 5.74) is 0.777. The SMILES string of the molecule is O=C(O)C(O)=CC(=O)c1occc1Cc1ccccc1F. The quantitative estimate of drug-likeness (QED) is 0.502. The molecule has 0 bridgehead atoms. The lowest BCUT2D eigenvalue weighted by atomic mass is 10.0. The second-order valence-electron chi connectivity index (χ2n) is 4.24. The molecule has 0 aliphatic heterocycles. The minimum atomic E-state index is -1.62. The molecule has 0 atom stereocenters. The lowest BCUT2D eigenvalue weighted by molar-refractivity contribution is -0.135. The number of carboxylic acid groups (broad SMARTS) is 1. The first-order valence-corrected chi connectivity index (χ1v) is 5.97. The van der Waals surface area contributed by atoms with Crippen LogP contribution in [0, 0.1) is 5.82 Å². The predicted molar refractivity (Wildman–Crippen MR) is 70.6 cm³/mol. The molecule has 0 saturated heterocycles. The number of hydrogen-bond acceptors (Lipinski definition) is 4. The van der Waals surface area contributed by atoms with E-state index in [1.165, 1.54) is 18.4 Å². The van der Waals surface area contributed by atoms with E-state index in [1.807, 2.05) is 0 Å². The molecule has 0 spiro atoms. The number of furan rings is 1. The number of carbonyl (C=O) groups is 2. The average Bonchev–Trinajstić information content (AvgIpc) is 2.89. The van der Waals surface area contributed by atoms with Gasteiger partial charge >= 0.3 is 5.97 Å². The Morgan fingerprint density at radius 3 is 2.52 bits per heavy atom. The first-order chi connectivity index (χ1) is 9.99. The van der Waals surface area contributed by atoms with E-state index in [2.05, 4.69) is 0 Å². The summed E-state index contributed by atoms with van der Waals surface area (Å²) < 4.78 is 18.6. The molecule has 0 fully saturated rings. The van der Waals surface area contributed by atoms with Gasteiger partial charge in [-0.2, -0.15) is 0 Å². The van der Waals surface area contributed by atoms with Crippen LogP contribution in [-0.4, -0.2) is 22.0 Å². The molecule has 6 heteroatoms. The standard InChI is InChI=1S/C15H11FO5/c16-11-4-2-1-3-9(11)7-10-5-6-21-14(10)12(17)8-13(18)15(19)20/h1-6,8,18H,7H2,(H,19,20). The van der Waals surface area contributed by atoms with E-state index >= 15 is 0 Å². The Balaban J connectivity index is 2.27. The molecule has 5 nitrogen and oxygen atoms in total. The van der Waals surface area contributed by atoms with Gasteiger partial charge in [0.05, 0.1) is 6.26 Å². The van der Waals surface area contributed by atoms with E-state index in [-0.39, 0.29) is 12.2 Å². The summed E-state index contributed by atoms with van der Waals surface area (Å²) >= 11 is 0. The number of ketones is 1. The van der Waals surface area contributed by atoms with Crippen molar-refractivity contribution in [3.8, 4) is 0 Å². The smallest absolute Gasteiger partial charge is 0.371 e. The number of carboxylic acids is 1. The summed E-state index contributed by atoms with van der Waals surface area (Å²) in [7, 11) is 0. The molecule has 0 aliphatic rings. The van der Waals surface area contributed by atoms with Gasteiger partial charge in [-0.25, -0.2) is 9.18 Å². The van der Waals surface area contributed by atoms with E-state index < -0.39 is 23.3 Å². The summed E-state index contributed by atoms with van der Waals surface area (Å²) in [5.74, 6) is -4.06. The number of aliphatic hydroxyl groups excluding tert-OH is 1. The zero-order valence-corrected chi connectivity index (χ0v) is 10.7. The zero-order valence-electron chi connectivity index (χ0n) is 10.7. The van der Waals surface area contributed by atoms with E-state index in [1.54, 1.807) is 18.2 Å². The summed E-state index contributed by atoms with van der Waals surface area (Å²) in [6.07, 6.45) is 1.91. The van der Waals surface area contributed by atoms with Gasteiger partial charge in [0.15, 0.2) is 5.76 Å². The van der Waals surface area contributed by atoms with Crippen molar-refractivity contribution in [3.05, 3.63) is 71.1 Å². The predicted octanol–water partition coefficient (Wildman–Crippen LogP) is 2.72. The van der Waals surface area contributed by atoms with E-state index in [0.717, 1.165) is 0 Å². The zero-order chi connectivity index (χ0) is 15.4. The van der Waals surface area contributed by atoms with E-state index in [9.17, 15) is 14.0 Å². The van der Waals surface area contributed by atoms with Crippen LogP contribution in [-0.2, 0) is 11.2 Å². The van der Waals surface area contributed by atoms with Gasteiger partial charge in [-0.1, -0.05) is 18.2 Å². The molecule has 0 amide bonds. The van der Waals surface area contributed by atoms with Crippen molar-refractivity contribution < 1.29 is 28.6 Å². The fourth-order valence-electron chi connectivity index (χ4n) is 1.79. The summed E-state index contributed by atoms with van der Waals surface area (Å²) in [6.45, 7) is 0. The molecule has 2 N–H and O–H groups in total. The van der Waals surface area contributed by atoms with Crippen LogP contribution < -0.4 is 0 Å². The second kappa shape index (κ2) is 6.04. The molecule has 21 heavy (non-hydrogen) atoms. The largest absolute Gasteiger partial charge is 0.502 e. The summed E-state index contributed by atoms with van der Waals surface area (Å²) in [6, 6.07) is 7.57. The highest BCUT2D eigenvalue weighted by Gasteiger charge is 2.17. The number of allylic oxidation sites excluding steroid dienone is 1. The summed E-state index contributed by atoms with van der Waals surface area (Å²) in [5, 5.41) is 17.6. The number of hydrogen-bond donors (Lipinski definition) is 2. The van der Waals surface area contributed by atoms with Crippen molar-refractivity contribution in [3.63, 3.8) is 0 Å². The first-order valence-electron chi connectivity index (χ1n) is 5.97. The molecule has 108 valence electrons. The van der Waals surface area contributed by atoms with E-state index in [4.69, 9.17) is 14.6 Å². The molecule has 2 aromatic rings. The number of aliphatic carboxylic acids is 1. The Kier molecular flexibility index (Phi) is 4.18. The van der Waals surface area contributed by atoms with Crippen molar-refractivity contribution in [2.45, 2.75) is 6.42 Å². The van der Waals surface area contributed by atoms with Gasteiger partial charge in [0.1, 0.15) is 5.82 Å². The highest BCUT2D eigenvalue weighted by molar-refractivity contribution is 6.06. The number of aliphatic hydroxyl groups is 1. The van der Waals surface area contributed by atoms with Gasteiger partial charge in [0.25, 0.3) is 0 Å². The molecule has 0 saturated carbocycles. The third-order valence-corrected chi connectivity index (χ3v) is 2.80. The Bertz CT molecular complexity index is 714. The Morgan fingerprint density at radius 2 is 1.86 bits per heavy atom. The molecule has 2 rings (SSSR count). The minimum Gasteiger partial charge on any atom is -0.502 e. The Labute approximate surface area is 118 Å². The first kappa shape index (κ1) is 14.5.